The van der Waals surface area contributed by atoms with Gasteiger partial charge in [0.2, 0.25) is 5.91 Å². The van der Waals surface area contributed by atoms with E-state index in [9.17, 15) is 4.79 Å². The van der Waals surface area contributed by atoms with Gasteiger partial charge in [-0.3, -0.25) is 4.79 Å². The molecule has 178 valence electrons. The molecule has 3 nitrogen and oxygen atoms in total. The largest absolute Gasteiger partial charge is 0.493 e. The topological polar surface area (TPSA) is 38.3 Å². The number of rotatable bonds is 14. The number of benzene rings is 3. The number of hydrogen-bond donors (Lipinski definition) is 1. The van der Waals surface area contributed by atoms with Crippen LogP contribution in [0.2, 0.25) is 0 Å². The van der Waals surface area contributed by atoms with Gasteiger partial charge >= 0.3 is 0 Å². The smallest absolute Gasteiger partial charge is 0.244 e. The van der Waals surface area contributed by atoms with Gasteiger partial charge in [-0.25, -0.2) is 0 Å². The van der Waals surface area contributed by atoms with Crippen LogP contribution >= 0.6 is 0 Å². The lowest BCUT2D eigenvalue weighted by atomic mass is 9.99. The molecule has 34 heavy (non-hydrogen) atoms. The second-order valence-corrected chi connectivity index (χ2v) is 8.65. The number of carbonyl (C=O) groups excluding carboxylic acids is 1. The van der Waals surface area contributed by atoms with Crippen molar-refractivity contribution in [3.05, 3.63) is 108 Å². The second kappa shape index (κ2) is 14.7. The summed E-state index contributed by atoms with van der Waals surface area (Å²) in [6.07, 6.45) is 11.6. The molecule has 0 aliphatic heterocycles. The van der Waals surface area contributed by atoms with Gasteiger partial charge in [0.15, 0.2) is 0 Å². The zero-order chi connectivity index (χ0) is 23.8. The molecular formula is C31H37NO2. The molecule has 0 aliphatic rings. The van der Waals surface area contributed by atoms with E-state index in [1.54, 1.807) is 6.08 Å². The van der Waals surface area contributed by atoms with Crippen LogP contribution in [-0.4, -0.2) is 12.5 Å². The minimum atomic E-state index is -0.115. The van der Waals surface area contributed by atoms with Crippen molar-refractivity contribution in [2.24, 2.45) is 0 Å². The van der Waals surface area contributed by atoms with Crippen LogP contribution in [0.25, 0.3) is 6.08 Å². The van der Waals surface area contributed by atoms with Crippen molar-refractivity contribution >= 4 is 12.0 Å². The summed E-state index contributed by atoms with van der Waals surface area (Å²) < 4.78 is 6.02. The van der Waals surface area contributed by atoms with E-state index in [-0.39, 0.29) is 11.9 Å². The van der Waals surface area contributed by atoms with Crippen LogP contribution in [0.4, 0.5) is 0 Å². The molecular weight excluding hydrogens is 418 g/mol. The predicted octanol–water partition coefficient (Wildman–Crippen LogP) is 7.54. The maximum absolute atomic E-state index is 12.8. The minimum Gasteiger partial charge on any atom is -0.493 e. The summed E-state index contributed by atoms with van der Waals surface area (Å²) in [6, 6.07) is 28.2. The quantitative estimate of drug-likeness (QED) is 0.201. The molecule has 3 rings (SSSR count). The molecule has 0 radical (unpaired) electrons. The van der Waals surface area contributed by atoms with Crippen LogP contribution in [0, 0.1) is 0 Å². The molecule has 3 heteroatoms. The number of hydrogen-bond acceptors (Lipinski definition) is 2. The molecule has 0 saturated carbocycles. The summed E-state index contributed by atoms with van der Waals surface area (Å²) in [5.41, 5.74) is 3.20. The van der Waals surface area contributed by atoms with Crippen molar-refractivity contribution in [1.82, 2.24) is 5.32 Å². The average molecular weight is 456 g/mol. The van der Waals surface area contributed by atoms with E-state index in [0.29, 0.717) is 6.61 Å². The molecule has 1 unspecified atom stereocenters. The lowest BCUT2D eigenvalue weighted by Gasteiger charge is -2.18. The lowest BCUT2D eigenvalue weighted by molar-refractivity contribution is -0.117. The third-order valence-electron chi connectivity index (χ3n) is 5.89. The van der Waals surface area contributed by atoms with Gasteiger partial charge < -0.3 is 10.1 Å². The molecule has 0 fully saturated rings. The predicted molar refractivity (Wildman–Crippen MR) is 142 cm³/mol. The fourth-order valence-corrected chi connectivity index (χ4v) is 3.99. The Bertz CT molecular complexity index is 998. The second-order valence-electron chi connectivity index (χ2n) is 8.65. The molecule has 0 saturated heterocycles. The summed E-state index contributed by atoms with van der Waals surface area (Å²) in [6.45, 7) is 2.94. The van der Waals surface area contributed by atoms with E-state index in [4.69, 9.17) is 4.74 Å². The molecule has 0 aromatic heterocycles. The molecule has 1 N–H and O–H groups in total. The molecule has 0 bridgehead atoms. The van der Waals surface area contributed by atoms with Crippen LogP contribution in [-0.2, 0) is 11.2 Å². The molecule has 3 aromatic rings. The Kier molecular flexibility index (Phi) is 11.0. The highest BCUT2D eigenvalue weighted by molar-refractivity contribution is 5.92. The van der Waals surface area contributed by atoms with Gasteiger partial charge in [0.1, 0.15) is 5.75 Å². The van der Waals surface area contributed by atoms with Gasteiger partial charge in [0, 0.05) is 11.6 Å². The van der Waals surface area contributed by atoms with E-state index >= 15 is 0 Å². The summed E-state index contributed by atoms with van der Waals surface area (Å²) in [4.78, 5) is 12.8. The van der Waals surface area contributed by atoms with E-state index in [1.807, 2.05) is 66.7 Å². The van der Waals surface area contributed by atoms with Gasteiger partial charge in [0.05, 0.1) is 12.6 Å². The number of amides is 1. The first kappa shape index (κ1) is 25.3. The fraction of sp³-hybridized carbons (Fsp3) is 0.323. The molecule has 1 atom stereocenters. The van der Waals surface area contributed by atoms with Crippen LogP contribution in [0.1, 0.15) is 68.2 Å². The molecule has 0 spiro atoms. The number of unbranched alkanes of at least 4 members (excludes halogenated alkanes) is 5. The lowest BCUT2D eigenvalue weighted by Crippen LogP contribution is -2.28. The van der Waals surface area contributed by atoms with Crippen molar-refractivity contribution in [2.45, 2.75) is 57.9 Å². The van der Waals surface area contributed by atoms with Gasteiger partial charge in [-0.05, 0) is 36.1 Å². The van der Waals surface area contributed by atoms with Crippen molar-refractivity contribution < 1.29 is 9.53 Å². The Morgan fingerprint density at radius 1 is 0.824 bits per heavy atom. The van der Waals surface area contributed by atoms with Crippen LogP contribution in [0.15, 0.2) is 91.0 Å². The Balaban J connectivity index is 1.58. The molecule has 0 aliphatic carbocycles. The van der Waals surface area contributed by atoms with E-state index in [0.717, 1.165) is 29.7 Å². The van der Waals surface area contributed by atoms with Gasteiger partial charge in [-0.1, -0.05) is 118 Å². The first-order valence-corrected chi connectivity index (χ1v) is 12.6. The van der Waals surface area contributed by atoms with Gasteiger partial charge in [-0.2, -0.15) is 0 Å². The first-order chi connectivity index (χ1) is 16.8. The maximum atomic E-state index is 12.8. The normalized spacial score (nSPS) is 11.9. The number of para-hydroxylation sites is 1. The zero-order valence-electron chi connectivity index (χ0n) is 20.3. The maximum Gasteiger partial charge on any atom is 0.244 e. The molecule has 0 heterocycles. The fourth-order valence-electron chi connectivity index (χ4n) is 3.99. The highest BCUT2D eigenvalue weighted by atomic mass is 16.5. The summed E-state index contributed by atoms with van der Waals surface area (Å²) in [7, 11) is 0. The third-order valence-corrected chi connectivity index (χ3v) is 5.89. The SMILES string of the molecule is CCCCCCCCOc1ccccc1/C=C/C(=O)NC(Cc1ccccc1)c1ccccc1. The summed E-state index contributed by atoms with van der Waals surface area (Å²) >= 11 is 0. The van der Waals surface area contributed by atoms with Crippen molar-refractivity contribution in [2.75, 3.05) is 6.61 Å². The zero-order valence-corrected chi connectivity index (χ0v) is 20.3. The first-order valence-electron chi connectivity index (χ1n) is 12.6. The van der Waals surface area contributed by atoms with Gasteiger partial charge in [-0.15, -0.1) is 0 Å². The number of ether oxygens (including phenoxy) is 1. The van der Waals surface area contributed by atoms with Crippen LogP contribution in [0.5, 0.6) is 5.75 Å². The van der Waals surface area contributed by atoms with Crippen molar-refractivity contribution in [3.8, 4) is 5.75 Å². The molecule has 1 amide bonds. The monoisotopic (exact) mass is 455 g/mol. The molecule has 3 aromatic carbocycles. The van der Waals surface area contributed by atoms with Gasteiger partial charge in [0.25, 0.3) is 0 Å². The van der Waals surface area contributed by atoms with E-state index < -0.39 is 0 Å². The van der Waals surface area contributed by atoms with E-state index in [2.05, 4.69) is 36.5 Å². The summed E-state index contributed by atoms with van der Waals surface area (Å²) in [5.74, 6) is 0.708. The Morgan fingerprint density at radius 3 is 2.24 bits per heavy atom. The Labute approximate surface area is 204 Å². The Morgan fingerprint density at radius 2 is 1.47 bits per heavy atom. The number of nitrogens with one attached hydrogen (secondary N) is 1. The third kappa shape index (κ3) is 8.90. The van der Waals surface area contributed by atoms with Crippen LogP contribution in [0.3, 0.4) is 0 Å². The van der Waals surface area contributed by atoms with E-state index in [1.165, 1.54) is 37.7 Å². The number of carbonyl (C=O) groups is 1. The standard InChI is InChI=1S/C31H37NO2/c1-2-3-4-5-6-15-24-34-30-21-14-13-20-28(30)22-23-31(33)32-29(27-18-11-8-12-19-27)25-26-16-9-7-10-17-26/h7-14,16-23,29H,2-6,15,24-25H2,1H3,(H,32,33)/b23-22+. The minimum absolute atomic E-state index is 0.0973. The summed E-state index contributed by atoms with van der Waals surface area (Å²) in [5, 5.41) is 3.18. The van der Waals surface area contributed by atoms with Crippen molar-refractivity contribution in [3.63, 3.8) is 0 Å². The Hall–Kier alpha value is -3.33. The van der Waals surface area contributed by atoms with Crippen LogP contribution < -0.4 is 10.1 Å². The van der Waals surface area contributed by atoms with Crippen molar-refractivity contribution in [1.29, 1.82) is 0 Å². The average Bonchev–Trinajstić information content (AvgIpc) is 2.88. The highest BCUT2D eigenvalue weighted by Gasteiger charge is 2.14. The highest BCUT2D eigenvalue weighted by Crippen LogP contribution is 2.21.